The lowest BCUT2D eigenvalue weighted by atomic mass is 10.3. The van der Waals surface area contributed by atoms with E-state index in [0.717, 1.165) is 19.8 Å². The minimum atomic E-state index is -0.214. The van der Waals surface area contributed by atoms with Gasteiger partial charge in [0.2, 0.25) is 0 Å². The molecule has 16 heteroatoms. The maximum absolute atomic E-state index is 6.74. The molecular formula is C28H56N4O12+4. The molecule has 0 bridgehead atoms. The Morgan fingerprint density at radius 1 is 0.477 bits per heavy atom. The smallest absolute Gasteiger partial charge is 0.156 e. The number of ether oxygens (including phenoxy) is 8. The molecule has 5 saturated heterocycles. The van der Waals surface area contributed by atoms with E-state index < -0.39 is 0 Å². The fraction of sp³-hybridized carbons (Fsp3) is 1.00. The monoisotopic (exact) mass is 640 g/mol. The van der Waals surface area contributed by atoms with E-state index in [2.05, 4.69) is 0 Å². The summed E-state index contributed by atoms with van der Waals surface area (Å²) in [6.07, 6.45) is 3.63. The summed E-state index contributed by atoms with van der Waals surface area (Å²) in [7, 11) is 7.54. The molecule has 16 nitrogen and oxygen atoms in total. The first-order chi connectivity index (χ1) is 21.1. The van der Waals surface area contributed by atoms with Crippen LogP contribution in [-0.2, 0) is 57.6 Å². The second kappa shape index (κ2) is 16.0. The molecule has 5 aliphatic rings. The predicted octanol–water partition coefficient (Wildman–Crippen LogP) is 0.395. The second-order valence-corrected chi connectivity index (χ2v) is 12.8. The van der Waals surface area contributed by atoms with Crippen molar-refractivity contribution in [1.29, 1.82) is 0 Å². The lowest BCUT2D eigenvalue weighted by molar-refractivity contribution is -1.66. The van der Waals surface area contributed by atoms with E-state index >= 15 is 0 Å². The molecule has 5 heterocycles. The molecule has 0 aliphatic carbocycles. The molecule has 256 valence electrons. The Bertz CT molecular complexity index is 822. The van der Waals surface area contributed by atoms with Gasteiger partial charge in [-0.15, -0.1) is 0 Å². The normalized spacial score (nSPS) is 38.6. The van der Waals surface area contributed by atoms with Crippen LogP contribution in [0.25, 0.3) is 0 Å². The van der Waals surface area contributed by atoms with E-state index in [9.17, 15) is 0 Å². The Kier molecular flexibility index (Phi) is 12.6. The van der Waals surface area contributed by atoms with Gasteiger partial charge in [0.1, 0.15) is 52.6 Å². The fourth-order valence-corrected chi connectivity index (χ4v) is 5.26. The zero-order valence-corrected chi connectivity index (χ0v) is 27.1. The zero-order valence-electron chi connectivity index (χ0n) is 27.1. The Morgan fingerprint density at radius 2 is 0.795 bits per heavy atom. The molecule has 0 N–H and O–H groups in total. The van der Waals surface area contributed by atoms with Crippen LogP contribution in [0.3, 0.4) is 0 Å². The standard InChI is InChI=1S/C28H56N4O12/c1-29(9-5-13-33-17-26-22-38-26)41-30(2,10-6-14-34-18-27-23-39-27)43-32(4,12-8-16-37-25-20-36-21-25)44-31(3,42-29)11-7-15-35-19-28-24-40-28/h25-28H,5-24H2,1-4H3/q+4. The van der Waals surface area contributed by atoms with Crippen LogP contribution in [0.1, 0.15) is 25.7 Å². The lowest BCUT2D eigenvalue weighted by Gasteiger charge is -2.42. The van der Waals surface area contributed by atoms with Crippen LogP contribution >= 0.6 is 0 Å². The molecule has 5 atom stereocenters. The van der Waals surface area contributed by atoms with Gasteiger partial charge in [-0.3, -0.25) is 0 Å². The molecule has 5 rings (SSSR count). The van der Waals surface area contributed by atoms with Crippen molar-refractivity contribution in [2.45, 2.75) is 50.1 Å². The Morgan fingerprint density at radius 3 is 1.07 bits per heavy atom. The summed E-state index contributed by atoms with van der Waals surface area (Å²) in [6.45, 7) is 9.67. The van der Waals surface area contributed by atoms with Gasteiger partial charge in [-0.1, -0.05) is 0 Å². The van der Waals surface area contributed by atoms with Crippen molar-refractivity contribution in [1.82, 2.24) is 0 Å². The number of rotatable bonds is 23. The van der Waals surface area contributed by atoms with Crippen molar-refractivity contribution < 1.29 is 76.9 Å². The third kappa shape index (κ3) is 12.5. The van der Waals surface area contributed by atoms with E-state index in [0.29, 0.717) is 111 Å². The number of hydrogen-bond acceptors (Lipinski definition) is 12. The molecule has 0 spiro atoms. The molecule has 0 radical (unpaired) electrons. The molecule has 0 aromatic carbocycles. The summed E-state index contributed by atoms with van der Waals surface area (Å²) in [5, 5.41) is 0. The first-order valence-electron chi connectivity index (χ1n) is 16.2. The average molecular weight is 641 g/mol. The number of hydroxylamine groups is 16. The van der Waals surface area contributed by atoms with Crippen molar-refractivity contribution in [3.8, 4) is 0 Å². The SMILES string of the molecule is C[N+]1(CCCOCC2CO2)O[N+](C)(CCCOCC2CO2)O[N+](C)(CCCOC2COC2)O[N+](C)(CCCOCC2CO2)O1. The summed E-state index contributed by atoms with van der Waals surface area (Å²) in [5.74, 6) is 0. The predicted molar refractivity (Wildman–Crippen MR) is 149 cm³/mol. The summed E-state index contributed by atoms with van der Waals surface area (Å²) in [5.41, 5.74) is 0. The Labute approximate surface area is 260 Å². The molecule has 0 saturated carbocycles. The second-order valence-electron chi connectivity index (χ2n) is 12.8. The quantitative estimate of drug-likeness (QED) is 0.0873. The fourth-order valence-electron chi connectivity index (χ4n) is 5.26. The Hall–Kier alpha value is -0.640. The Balaban J connectivity index is 1.23. The van der Waals surface area contributed by atoms with Crippen molar-refractivity contribution >= 4 is 0 Å². The van der Waals surface area contributed by atoms with Gasteiger partial charge >= 0.3 is 0 Å². The van der Waals surface area contributed by atoms with Crippen molar-refractivity contribution in [3.63, 3.8) is 0 Å². The highest BCUT2D eigenvalue weighted by molar-refractivity contribution is 4.68. The van der Waals surface area contributed by atoms with Crippen LogP contribution in [0, 0.1) is 0 Å². The number of hydrogen-bond donors (Lipinski definition) is 0. The third-order valence-corrected chi connectivity index (χ3v) is 7.73. The average Bonchev–Trinajstić information content (AvgIpc) is 3.76. The maximum atomic E-state index is 6.74. The van der Waals surface area contributed by atoms with Crippen molar-refractivity contribution in [3.05, 3.63) is 0 Å². The number of quaternary nitrogens is 4. The minimum absolute atomic E-state index is 0.157. The van der Waals surface area contributed by atoms with Gasteiger partial charge in [-0.05, 0) is 0 Å². The van der Waals surface area contributed by atoms with Gasteiger partial charge in [0, 0.05) is 25.7 Å². The molecular weight excluding hydrogens is 584 g/mol. The van der Waals surface area contributed by atoms with Crippen LogP contribution in [0.2, 0.25) is 0 Å². The molecule has 0 aromatic rings. The van der Waals surface area contributed by atoms with Gasteiger partial charge in [0.05, 0.1) is 118 Å². The highest BCUT2D eigenvalue weighted by Crippen LogP contribution is 2.31. The molecule has 44 heavy (non-hydrogen) atoms. The first kappa shape index (κ1) is 34.7. The minimum Gasteiger partial charge on any atom is -0.378 e. The highest BCUT2D eigenvalue weighted by atomic mass is 17.4. The molecule has 5 unspecified atom stereocenters. The van der Waals surface area contributed by atoms with E-state index in [4.69, 9.17) is 57.6 Å². The van der Waals surface area contributed by atoms with Crippen LogP contribution in [-0.4, -0.2) is 177 Å². The highest BCUT2D eigenvalue weighted by Gasteiger charge is 2.60. The van der Waals surface area contributed by atoms with Gasteiger partial charge in [-0.2, -0.15) is 0 Å². The topological polar surface area (TPSA) is 121 Å². The first-order valence-corrected chi connectivity index (χ1v) is 16.2. The van der Waals surface area contributed by atoms with Crippen LogP contribution < -0.4 is 0 Å². The van der Waals surface area contributed by atoms with Gasteiger partial charge in [0.15, 0.2) is 26.2 Å². The largest absolute Gasteiger partial charge is 0.378 e. The van der Waals surface area contributed by atoms with E-state index in [1.807, 2.05) is 28.2 Å². The summed E-state index contributed by atoms with van der Waals surface area (Å²) < 4.78 is 44.4. The van der Waals surface area contributed by atoms with E-state index in [1.165, 1.54) is 0 Å². The molecule has 5 fully saturated rings. The summed E-state index contributed by atoms with van der Waals surface area (Å²) >= 11 is 0. The summed E-state index contributed by atoms with van der Waals surface area (Å²) in [6, 6.07) is 0. The maximum Gasteiger partial charge on any atom is 0.156 e. The third-order valence-electron chi connectivity index (χ3n) is 7.73. The van der Waals surface area contributed by atoms with Crippen molar-refractivity contribution in [2.24, 2.45) is 0 Å². The summed E-state index contributed by atoms with van der Waals surface area (Å²) in [4.78, 5) is 26.1. The van der Waals surface area contributed by atoms with E-state index in [-0.39, 0.29) is 43.7 Å². The lowest BCUT2D eigenvalue weighted by Crippen LogP contribution is -2.72. The van der Waals surface area contributed by atoms with Gasteiger partial charge in [-0.25, -0.2) is 0 Å². The molecule has 5 aliphatic heterocycles. The van der Waals surface area contributed by atoms with Crippen LogP contribution in [0.15, 0.2) is 0 Å². The molecule has 0 amide bonds. The number of epoxide rings is 3. The zero-order chi connectivity index (χ0) is 30.9. The number of nitrogens with zero attached hydrogens (tertiary/aromatic N) is 4. The van der Waals surface area contributed by atoms with E-state index in [1.54, 1.807) is 0 Å². The van der Waals surface area contributed by atoms with Crippen LogP contribution in [0.4, 0.5) is 0 Å². The molecule has 0 aromatic heterocycles. The van der Waals surface area contributed by atoms with Gasteiger partial charge < -0.3 is 37.9 Å². The van der Waals surface area contributed by atoms with Crippen LogP contribution in [0.5, 0.6) is 0 Å². The van der Waals surface area contributed by atoms with Gasteiger partial charge in [0.25, 0.3) is 0 Å². The van der Waals surface area contributed by atoms with Crippen molar-refractivity contribution in [2.75, 3.05) is 134 Å².